The van der Waals surface area contributed by atoms with Crippen LogP contribution in [0.4, 0.5) is 0 Å². The molecule has 2 aliphatic rings. The molecule has 2 aliphatic heterocycles. The van der Waals surface area contributed by atoms with Crippen molar-refractivity contribution >= 4 is 5.91 Å². The molecule has 0 N–H and O–H groups in total. The van der Waals surface area contributed by atoms with E-state index in [1.54, 1.807) is 0 Å². The Labute approximate surface area is 161 Å². The van der Waals surface area contributed by atoms with Gasteiger partial charge in [-0.2, -0.15) is 0 Å². The minimum Gasteiger partial charge on any atom is -0.475 e. The maximum absolute atomic E-state index is 12.7. The molecule has 2 fully saturated rings. The average molecular weight is 364 g/mol. The first-order chi connectivity index (χ1) is 13.3. The lowest BCUT2D eigenvalue weighted by Crippen LogP contribution is -2.53. The number of para-hydroxylation sites is 1. The predicted molar refractivity (Wildman–Crippen MR) is 107 cm³/mol. The van der Waals surface area contributed by atoms with Gasteiger partial charge in [0.1, 0.15) is 5.75 Å². The molecule has 0 aliphatic carbocycles. The van der Waals surface area contributed by atoms with Crippen molar-refractivity contribution in [2.45, 2.75) is 44.4 Å². The number of hydrogen-bond donors (Lipinski definition) is 0. The predicted octanol–water partition coefficient (Wildman–Crippen LogP) is 4.18. The van der Waals surface area contributed by atoms with E-state index in [1.807, 2.05) is 65.6 Å². The maximum atomic E-state index is 12.7. The van der Waals surface area contributed by atoms with Gasteiger partial charge in [0.15, 0.2) is 6.23 Å². The van der Waals surface area contributed by atoms with E-state index in [0.29, 0.717) is 6.04 Å². The van der Waals surface area contributed by atoms with Gasteiger partial charge in [0, 0.05) is 31.2 Å². The number of amides is 1. The molecular formula is C23H28N2O2. The summed E-state index contributed by atoms with van der Waals surface area (Å²) in [5.74, 6) is 1.11. The van der Waals surface area contributed by atoms with E-state index in [1.165, 1.54) is 12.8 Å². The lowest BCUT2D eigenvalue weighted by Gasteiger charge is -2.44. The van der Waals surface area contributed by atoms with E-state index in [0.717, 1.165) is 50.2 Å². The summed E-state index contributed by atoms with van der Waals surface area (Å²) in [6.07, 6.45) is 5.73. The molecule has 4 nitrogen and oxygen atoms in total. The van der Waals surface area contributed by atoms with Gasteiger partial charge < -0.3 is 9.64 Å². The summed E-state index contributed by atoms with van der Waals surface area (Å²) in [5.41, 5.74) is 0.791. The Hall–Kier alpha value is -2.33. The number of carbonyl (C=O) groups excluding carboxylic acids is 1. The van der Waals surface area contributed by atoms with E-state index >= 15 is 0 Å². The second kappa shape index (κ2) is 8.57. The molecule has 27 heavy (non-hydrogen) atoms. The molecule has 2 heterocycles. The van der Waals surface area contributed by atoms with E-state index in [-0.39, 0.29) is 12.1 Å². The number of piperidine rings is 2. The largest absolute Gasteiger partial charge is 0.475 e. The molecule has 1 amide bonds. The zero-order valence-electron chi connectivity index (χ0n) is 15.8. The van der Waals surface area contributed by atoms with Crippen LogP contribution in [0.2, 0.25) is 0 Å². The number of nitrogens with zero attached hydrogens (tertiary/aromatic N) is 2. The van der Waals surface area contributed by atoms with Crippen molar-refractivity contribution in [1.29, 1.82) is 0 Å². The Morgan fingerprint density at radius 2 is 1.48 bits per heavy atom. The number of likely N-dealkylation sites (tertiary alicyclic amines) is 2. The fourth-order valence-electron chi connectivity index (χ4n) is 4.29. The number of rotatable bonds is 4. The number of carbonyl (C=O) groups is 1. The Balaban J connectivity index is 1.36. The van der Waals surface area contributed by atoms with Crippen LogP contribution in [0.3, 0.4) is 0 Å². The molecule has 142 valence electrons. The van der Waals surface area contributed by atoms with Gasteiger partial charge in [-0.3, -0.25) is 9.69 Å². The molecule has 2 saturated heterocycles. The molecule has 0 bridgehead atoms. The quantitative estimate of drug-likeness (QED) is 0.816. The average Bonchev–Trinajstić information content (AvgIpc) is 2.75. The fourth-order valence-corrected chi connectivity index (χ4v) is 4.29. The summed E-state index contributed by atoms with van der Waals surface area (Å²) in [6, 6.07) is 20.3. The summed E-state index contributed by atoms with van der Waals surface area (Å²) in [6.45, 7) is 2.74. The highest BCUT2D eigenvalue weighted by molar-refractivity contribution is 5.94. The number of benzene rings is 2. The second-order valence-electron chi connectivity index (χ2n) is 7.51. The van der Waals surface area contributed by atoms with Crippen molar-refractivity contribution in [2.24, 2.45) is 0 Å². The summed E-state index contributed by atoms with van der Waals surface area (Å²) in [7, 11) is 0. The van der Waals surface area contributed by atoms with Gasteiger partial charge in [0.2, 0.25) is 0 Å². The van der Waals surface area contributed by atoms with Gasteiger partial charge in [-0.15, -0.1) is 0 Å². The normalized spacial score (nSPS) is 21.8. The molecule has 4 rings (SSSR count). The number of ether oxygens (including phenoxy) is 1. The van der Waals surface area contributed by atoms with Crippen molar-refractivity contribution < 1.29 is 9.53 Å². The smallest absolute Gasteiger partial charge is 0.253 e. The first kappa shape index (κ1) is 18.1. The topological polar surface area (TPSA) is 32.8 Å². The highest BCUT2D eigenvalue weighted by Gasteiger charge is 2.33. The van der Waals surface area contributed by atoms with Crippen LogP contribution in [-0.2, 0) is 0 Å². The third-order valence-electron chi connectivity index (χ3n) is 5.74. The minimum atomic E-state index is 0.155. The van der Waals surface area contributed by atoms with Crippen molar-refractivity contribution in [3.63, 3.8) is 0 Å². The van der Waals surface area contributed by atoms with E-state index in [9.17, 15) is 4.79 Å². The van der Waals surface area contributed by atoms with Crippen LogP contribution in [0.25, 0.3) is 0 Å². The highest BCUT2D eigenvalue weighted by atomic mass is 16.5. The van der Waals surface area contributed by atoms with Gasteiger partial charge >= 0.3 is 0 Å². The minimum absolute atomic E-state index is 0.155. The van der Waals surface area contributed by atoms with Gasteiger partial charge in [0.05, 0.1) is 0 Å². The van der Waals surface area contributed by atoms with Crippen molar-refractivity contribution in [3.8, 4) is 5.75 Å². The third-order valence-corrected chi connectivity index (χ3v) is 5.74. The molecule has 1 unspecified atom stereocenters. The van der Waals surface area contributed by atoms with Gasteiger partial charge in [-0.25, -0.2) is 0 Å². The van der Waals surface area contributed by atoms with Crippen molar-refractivity contribution in [1.82, 2.24) is 9.80 Å². The molecule has 2 aromatic rings. The standard InChI is InChI=1S/C23H28N2O2/c26-23(19-9-3-1-4-10-19)24-17-14-20(15-18-24)25-16-8-7-13-22(25)27-21-11-5-2-6-12-21/h1-6,9-12,20,22H,7-8,13-18H2. The molecule has 2 aromatic carbocycles. The Morgan fingerprint density at radius 3 is 2.19 bits per heavy atom. The SMILES string of the molecule is O=C(c1ccccc1)N1CCC(N2CCCCC2Oc2ccccc2)CC1. The Bertz CT molecular complexity index is 727. The van der Waals surface area contributed by atoms with Crippen molar-refractivity contribution in [2.75, 3.05) is 19.6 Å². The molecule has 4 heteroatoms. The molecule has 1 atom stereocenters. The molecule has 0 aromatic heterocycles. The molecular weight excluding hydrogens is 336 g/mol. The Morgan fingerprint density at radius 1 is 0.815 bits per heavy atom. The zero-order valence-corrected chi connectivity index (χ0v) is 15.8. The van der Waals surface area contributed by atoms with Crippen LogP contribution in [0.5, 0.6) is 5.75 Å². The van der Waals surface area contributed by atoms with Crippen LogP contribution < -0.4 is 4.74 Å². The summed E-state index contributed by atoms with van der Waals surface area (Å²) < 4.78 is 6.31. The number of hydrogen-bond acceptors (Lipinski definition) is 3. The van der Waals surface area contributed by atoms with Crippen LogP contribution >= 0.6 is 0 Å². The van der Waals surface area contributed by atoms with Crippen molar-refractivity contribution in [3.05, 3.63) is 66.2 Å². The van der Waals surface area contributed by atoms with Crippen LogP contribution in [0.15, 0.2) is 60.7 Å². The van der Waals surface area contributed by atoms with Crippen LogP contribution in [0.1, 0.15) is 42.5 Å². The third kappa shape index (κ3) is 4.33. The van der Waals surface area contributed by atoms with E-state index in [2.05, 4.69) is 4.90 Å². The first-order valence-electron chi connectivity index (χ1n) is 10.1. The summed E-state index contributed by atoms with van der Waals surface area (Å²) >= 11 is 0. The van der Waals surface area contributed by atoms with E-state index in [4.69, 9.17) is 4.74 Å². The van der Waals surface area contributed by atoms with Crippen LogP contribution in [0, 0.1) is 0 Å². The van der Waals surface area contributed by atoms with Gasteiger partial charge in [-0.1, -0.05) is 36.4 Å². The zero-order chi connectivity index (χ0) is 18.5. The second-order valence-corrected chi connectivity index (χ2v) is 7.51. The fraction of sp³-hybridized carbons (Fsp3) is 0.435. The van der Waals surface area contributed by atoms with E-state index < -0.39 is 0 Å². The van der Waals surface area contributed by atoms with Crippen LogP contribution in [-0.4, -0.2) is 47.6 Å². The lowest BCUT2D eigenvalue weighted by atomic mass is 9.98. The molecule has 0 spiro atoms. The Kier molecular flexibility index (Phi) is 5.73. The van der Waals surface area contributed by atoms with Gasteiger partial charge in [-0.05, 0) is 56.4 Å². The maximum Gasteiger partial charge on any atom is 0.253 e. The summed E-state index contributed by atoms with van der Waals surface area (Å²) in [5, 5.41) is 0. The monoisotopic (exact) mass is 364 g/mol. The summed E-state index contributed by atoms with van der Waals surface area (Å²) in [4.78, 5) is 17.2. The highest BCUT2D eigenvalue weighted by Crippen LogP contribution is 2.27. The first-order valence-corrected chi connectivity index (χ1v) is 10.1. The van der Waals surface area contributed by atoms with Gasteiger partial charge in [0.25, 0.3) is 5.91 Å². The molecule has 0 saturated carbocycles. The molecule has 0 radical (unpaired) electrons. The lowest BCUT2D eigenvalue weighted by molar-refractivity contribution is -0.0457.